The number of nitrogens with zero attached hydrogens (tertiary/aromatic N) is 2. The number of halogens is 5. The Kier molecular flexibility index (Phi) is 6.29. The summed E-state index contributed by atoms with van der Waals surface area (Å²) in [6.07, 6.45) is 0.750. The molecule has 1 aliphatic carbocycles. The summed E-state index contributed by atoms with van der Waals surface area (Å²) in [5, 5.41) is 0.729. The van der Waals surface area contributed by atoms with Crippen LogP contribution in [0.1, 0.15) is 70.5 Å². The van der Waals surface area contributed by atoms with Crippen LogP contribution in [0.15, 0.2) is 23.8 Å². The van der Waals surface area contributed by atoms with Crippen molar-refractivity contribution >= 4 is 35.2 Å². The maximum absolute atomic E-state index is 13.2. The van der Waals surface area contributed by atoms with Crippen LogP contribution < -0.4 is 0 Å². The van der Waals surface area contributed by atoms with Crippen LogP contribution in [-0.4, -0.2) is 28.9 Å². The van der Waals surface area contributed by atoms with Crippen molar-refractivity contribution < 1.29 is 18.0 Å². The minimum atomic E-state index is -4.50. The van der Waals surface area contributed by atoms with E-state index in [1.807, 2.05) is 17.9 Å². The van der Waals surface area contributed by atoms with Gasteiger partial charge in [-0.3, -0.25) is 4.79 Å². The lowest BCUT2D eigenvalue weighted by Crippen LogP contribution is -2.35. The van der Waals surface area contributed by atoms with Crippen LogP contribution >= 0.6 is 23.2 Å². The smallest absolute Gasteiger partial charge is 0.339 e. The van der Waals surface area contributed by atoms with Crippen molar-refractivity contribution in [3.8, 4) is 0 Å². The molecule has 1 aliphatic heterocycles. The molecule has 0 N–H and O–H groups in total. The first-order valence-electron chi connectivity index (χ1n) is 10.6. The quantitative estimate of drug-likeness (QED) is 0.467. The molecule has 170 valence electrons. The van der Waals surface area contributed by atoms with E-state index in [4.69, 9.17) is 23.2 Å². The Morgan fingerprint density at radius 2 is 1.88 bits per heavy atom. The lowest BCUT2D eigenvalue weighted by molar-refractivity contribution is -0.141. The van der Waals surface area contributed by atoms with Gasteiger partial charge in [0.25, 0.3) is 5.91 Å². The Morgan fingerprint density at radius 3 is 2.53 bits per heavy atom. The fraction of sp³-hybridized carbons (Fsp3) is 0.417. The van der Waals surface area contributed by atoms with Gasteiger partial charge in [-0.15, -0.1) is 0 Å². The van der Waals surface area contributed by atoms with Gasteiger partial charge in [-0.2, -0.15) is 13.2 Å². The molecule has 1 saturated heterocycles. The molecule has 8 heteroatoms. The first kappa shape index (κ1) is 23.1. The second-order valence-electron chi connectivity index (χ2n) is 8.48. The van der Waals surface area contributed by atoms with Crippen molar-refractivity contribution in [1.82, 2.24) is 9.88 Å². The molecule has 0 saturated carbocycles. The molecule has 2 aliphatic rings. The van der Waals surface area contributed by atoms with E-state index < -0.39 is 11.9 Å². The van der Waals surface area contributed by atoms with Crippen molar-refractivity contribution in [3.05, 3.63) is 67.5 Å². The maximum Gasteiger partial charge on any atom is 0.433 e. The summed E-state index contributed by atoms with van der Waals surface area (Å²) >= 11 is 13.1. The fourth-order valence-electron chi connectivity index (χ4n) is 4.46. The number of aryl methyl sites for hydroxylation is 1. The maximum atomic E-state index is 13.2. The van der Waals surface area contributed by atoms with Crippen LogP contribution in [0, 0.1) is 6.92 Å². The van der Waals surface area contributed by atoms with E-state index in [0.29, 0.717) is 57.5 Å². The topological polar surface area (TPSA) is 33.2 Å². The highest BCUT2D eigenvalue weighted by Gasteiger charge is 2.36. The number of benzene rings is 1. The van der Waals surface area contributed by atoms with Gasteiger partial charge in [-0.05, 0) is 67.5 Å². The summed E-state index contributed by atoms with van der Waals surface area (Å²) in [5.41, 5.74) is 2.62. The number of carbonyl (C=O) groups excluding carboxylic acids is 1. The number of allylic oxidation sites excluding steroid dienone is 1. The van der Waals surface area contributed by atoms with Gasteiger partial charge in [0, 0.05) is 24.0 Å². The number of carbonyl (C=O) groups is 1. The van der Waals surface area contributed by atoms with E-state index in [9.17, 15) is 18.0 Å². The number of likely N-dealkylation sites (tertiary alicyclic amines) is 1. The van der Waals surface area contributed by atoms with Gasteiger partial charge in [0.05, 0.1) is 16.3 Å². The van der Waals surface area contributed by atoms with E-state index in [0.717, 1.165) is 30.9 Å². The van der Waals surface area contributed by atoms with Crippen LogP contribution in [0.25, 0.3) is 6.08 Å². The molecule has 2 heterocycles. The molecule has 1 atom stereocenters. The summed E-state index contributed by atoms with van der Waals surface area (Å²) in [6.45, 7) is 4.89. The minimum absolute atomic E-state index is 0.114. The predicted molar refractivity (Wildman–Crippen MR) is 120 cm³/mol. The zero-order valence-electron chi connectivity index (χ0n) is 17.8. The number of hydrogen-bond donors (Lipinski definition) is 0. The molecule has 1 unspecified atom stereocenters. The van der Waals surface area contributed by atoms with Gasteiger partial charge in [-0.1, -0.05) is 41.8 Å². The van der Waals surface area contributed by atoms with Gasteiger partial charge in [0.1, 0.15) is 5.69 Å². The van der Waals surface area contributed by atoms with Gasteiger partial charge < -0.3 is 4.90 Å². The number of amides is 1. The number of piperidine rings is 1. The van der Waals surface area contributed by atoms with Crippen LogP contribution in [0.5, 0.6) is 0 Å². The molecule has 1 amide bonds. The van der Waals surface area contributed by atoms with Crippen molar-refractivity contribution in [2.75, 3.05) is 13.1 Å². The molecule has 1 fully saturated rings. The van der Waals surface area contributed by atoms with Crippen LogP contribution in [0.4, 0.5) is 13.2 Å². The van der Waals surface area contributed by atoms with Gasteiger partial charge in [0.2, 0.25) is 0 Å². The third kappa shape index (κ3) is 4.27. The summed E-state index contributed by atoms with van der Waals surface area (Å²) < 4.78 is 39.7. The van der Waals surface area contributed by atoms with E-state index in [1.165, 1.54) is 0 Å². The summed E-state index contributed by atoms with van der Waals surface area (Å²) in [6, 6.07) is 4.38. The highest BCUT2D eigenvalue weighted by Crippen LogP contribution is 2.42. The number of hydrogen-bond acceptors (Lipinski definition) is 2. The van der Waals surface area contributed by atoms with Crippen molar-refractivity contribution in [1.29, 1.82) is 0 Å². The fourth-order valence-corrected chi connectivity index (χ4v) is 5.04. The average molecular weight is 483 g/mol. The largest absolute Gasteiger partial charge is 0.433 e. The Labute approximate surface area is 195 Å². The molecule has 2 aromatic rings. The standard InChI is InChI=1S/C24H23Cl2F3N2O/c1-13-10-20(24(27,28)29)30-22-14(2)15(11-17(13)22)12-18-19(25)7-6-16(21(18)26)23(32)31-8-4-3-5-9-31/h6-7,10-11,14H,3-5,8-9,12H2,1-2H3. The Balaban J connectivity index is 1.65. The van der Waals surface area contributed by atoms with Crippen molar-refractivity contribution in [2.45, 2.75) is 51.6 Å². The molecule has 3 nitrogen and oxygen atoms in total. The third-order valence-corrected chi connectivity index (χ3v) is 7.11. The number of fused-ring (bicyclic) bond motifs is 1. The molecule has 0 bridgehead atoms. The Morgan fingerprint density at radius 1 is 1.19 bits per heavy atom. The monoisotopic (exact) mass is 482 g/mol. The number of pyridine rings is 1. The van der Waals surface area contributed by atoms with E-state index in [2.05, 4.69) is 4.98 Å². The highest BCUT2D eigenvalue weighted by molar-refractivity contribution is 6.38. The molecular weight excluding hydrogens is 460 g/mol. The van der Waals surface area contributed by atoms with Crippen LogP contribution in [0.3, 0.4) is 0 Å². The zero-order chi connectivity index (χ0) is 23.2. The van der Waals surface area contributed by atoms with Crippen molar-refractivity contribution in [2.24, 2.45) is 0 Å². The molecule has 4 rings (SSSR count). The summed E-state index contributed by atoms with van der Waals surface area (Å²) in [5.74, 6) is -0.434. The first-order chi connectivity index (χ1) is 15.1. The van der Waals surface area contributed by atoms with Gasteiger partial charge in [0.15, 0.2) is 0 Å². The molecule has 1 aromatic carbocycles. The SMILES string of the molecule is Cc1cc(C(F)(F)F)nc2c1C=C(Cc1c(Cl)ccc(C(=O)N3CCCCC3)c1Cl)C2C. The number of aromatic nitrogens is 1. The highest BCUT2D eigenvalue weighted by atomic mass is 35.5. The van der Waals surface area contributed by atoms with E-state index in [-0.39, 0.29) is 11.8 Å². The van der Waals surface area contributed by atoms with Gasteiger partial charge in [-0.25, -0.2) is 4.98 Å². The molecule has 1 aromatic heterocycles. The predicted octanol–water partition coefficient (Wildman–Crippen LogP) is 7.08. The second kappa shape index (κ2) is 8.71. The lowest BCUT2D eigenvalue weighted by atomic mass is 9.94. The van der Waals surface area contributed by atoms with Gasteiger partial charge >= 0.3 is 6.18 Å². The molecule has 32 heavy (non-hydrogen) atoms. The minimum Gasteiger partial charge on any atom is -0.339 e. The van der Waals surface area contributed by atoms with E-state index in [1.54, 1.807) is 19.1 Å². The third-order valence-electron chi connectivity index (χ3n) is 6.32. The van der Waals surface area contributed by atoms with Crippen molar-refractivity contribution in [3.63, 3.8) is 0 Å². The molecule has 0 spiro atoms. The second-order valence-corrected chi connectivity index (χ2v) is 9.26. The molecule has 0 radical (unpaired) electrons. The number of alkyl halides is 3. The Bertz CT molecular complexity index is 1110. The Hall–Kier alpha value is -2.05. The zero-order valence-corrected chi connectivity index (χ0v) is 19.3. The first-order valence-corrected chi connectivity index (χ1v) is 11.4. The average Bonchev–Trinajstić information content (AvgIpc) is 3.07. The lowest BCUT2D eigenvalue weighted by Gasteiger charge is -2.27. The normalized spacial score (nSPS) is 18.5. The number of rotatable bonds is 3. The summed E-state index contributed by atoms with van der Waals surface area (Å²) in [4.78, 5) is 18.7. The van der Waals surface area contributed by atoms with Crippen LogP contribution in [-0.2, 0) is 12.6 Å². The molecular formula is C24H23Cl2F3N2O. The summed E-state index contributed by atoms with van der Waals surface area (Å²) in [7, 11) is 0. The van der Waals surface area contributed by atoms with Crippen LogP contribution in [0.2, 0.25) is 10.0 Å². The van der Waals surface area contributed by atoms with E-state index >= 15 is 0 Å².